The maximum Gasteiger partial charge on any atom is 0.108 e. The third kappa shape index (κ3) is 3.82. The average Bonchev–Trinajstić information content (AvgIpc) is 2.70. The standard InChI is InChI=1S/C21H14Br2N4/c1-13(25-21-14(22)6-4-7-15(21)23)16-10-5-11-19(26-16)20-12-24-17-8-2-3-9-18(17)27-20/h2-12H,1H3. The lowest BCUT2D eigenvalue weighted by Crippen LogP contribution is -2.00. The molecule has 0 bridgehead atoms. The molecular formula is C21H14Br2N4. The van der Waals surface area contributed by atoms with Crippen LogP contribution in [0.1, 0.15) is 12.6 Å². The fourth-order valence-corrected chi connectivity index (χ4v) is 3.86. The average molecular weight is 482 g/mol. The highest BCUT2D eigenvalue weighted by atomic mass is 79.9. The monoisotopic (exact) mass is 480 g/mol. The molecule has 27 heavy (non-hydrogen) atoms. The number of aliphatic imine (C=N–C) groups is 1. The first kappa shape index (κ1) is 17.9. The molecule has 0 unspecified atom stereocenters. The predicted octanol–water partition coefficient (Wildman–Crippen LogP) is 6.36. The van der Waals surface area contributed by atoms with Crippen LogP contribution < -0.4 is 0 Å². The lowest BCUT2D eigenvalue weighted by atomic mass is 10.2. The first-order chi connectivity index (χ1) is 13.1. The minimum absolute atomic E-state index is 0.741. The number of halogens is 2. The van der Waals surface area contributed by atoms with Crippen molar-refractivity contribution in [3.63, 3.8) is 0 Å². The van der Waals surface area contributed by atoms with Crippen molar-refractivity contribution >= 4 is 54.3 Å². The normalized spacial score (nSPS) is 11.7. The predicted molar refractivity (Wildman–Crippen MR) is 116 cm³/mol. The third-order valence-corrected chi connectivity index (χ3v) is 5.33. The van der Waals surface area contributed by atoms with Crippen LogP contribution in [0.2, 0.25) is 0 Å². The molecule has 4 rings (SSSR count). The van der Waals surface area contributed by atoms with Crippen molar-refractivity contribution in [3.05, 3.63) is 81.5 Å². The fourth-order valence-electron chi connectivity index (χ4n) is 2.68. The highest BCUT2D eigenvalue weighted by molar-refractivity contribution is 9.11. The molecule has 0 saturated heterocycles. The van der Waals surface area contributed by atoms with Gasteiger partial charge in [0.2, 0.25) is 0 Å². The van der Waals surface area contributed by atoms with Crippen LogP contribution >= 0.6 is 31.9 Å². The minimum Gasteiger partial charge on any atom is -0.252 e. The smallest absolute Gasteiger partial charge is 0.108 e. The van der Waals surface area contributed by atoms with E-state index in [2.05, 4.69) is 41.8 Å². The Kier molecular flexibility index (Phi) is 5.09. The van der Waals surface area contributed by atoms with E-state index in [4.69, 9.17) is 9.98 Å². The maximum absolute atomic E-state index is 4.74. The molecule has 2 aromatic carbocycles. The molecule has 132 valence electrons. The quantitative estimate of drug-likeness (QED) is 0.320. The molecule has 0 N–H and O–H groups in total. The molecule has 0 radical (unpaired) electrons. The van der Waals surface area contributed by atoms with E-state index in [1.807, 2.05) is 67.6 Å². The van der Waals surface area contributed by atoms with Crippen LogP contribution in [-0.4, -0.2) is 20.7 Å². The number of hydrogen-bond donors (Lipinski definition) is 0. The molecule has 0 aliphatic heterocycles. The van der Waals surface area contributed by atoms with Gasteiger partial charge >= 0.3 is 0 Å². The fraction of sp³-hybridized carbons (Fsp3) is 0.0476. The van der Waals surface area contributed by atoms with Gasteiger partial charge in [0.15, 0.2) is 0 Å². The van der Waals surface area contributed by atoms with Crippen molar-refractivity contribution in [2.45, 2.75) is 6.92 Å². The van der Waals surface area contributed by atoms with Gasteiger partial charge in [0, 0.05) is 8.95 Å². The molecular weight excluding hydrogens is 468 g/mol. The third-order valence-electron chi connectivity index (χ3n) is 4.05. The van der Waals surface area contributed by atoms with E-state index in [0.29, 0.717) is 0 Å². The molecule has 0 fully saturated rings. The number of pyridine rings is 1. The van der Waals surface area contributed by atoms with E-state index in [9.17, 15) is 0 Å². The van der Waals surface area contributed by atoms with E-state index >= 15 is 0 Å². The highest BCUT2D eigenvalue weighted by Crippen LogP contribution is 2.33. The largest absolute Gasteiger partial charge is 0.252 e. The summed E-state index contributed by atoms with van der Waals surface area (Å²) >= 11 is 7.09. The molecule has 6 heteroatoms. The van der Waals surface area contributed by atoms with Gasteiger partial charge < -0.3 is 0 Å². The summed E-state index contributed by atoms with van der Waals surface area (Å²) in [5.74, 6) is 0. The van der Waals surface area contributed by atoms with E-state index in [1.165, 1.54) is 0 Å². The topological polar surface area (TPSA) is 51.0 Å². The van der Waals surface area contributed by atoms with Crippen molar-refractivity contribution in [2.24, 2.45) is 4.99 Å². The van der Waals surface area contributed by atoms with Crippen molar-refractivity contribution < 1.29 is 0 Å². The lowest BCUT2D eigenvalue weighted by Gasteiger charge is -2.07. The number of hydrogen-bond acceptors (Lipinski definition) is 4. The molecule has 0 aliphatic carbocycles. The van der Waals surface area contributed by atoms with Gasteiger partial charge in [-0.05, 0) is 75.2 Å². The van der Waals surface area contributed by atoms with E-state index in [1.54, 1.807) is 6.20 Å². The molecule has 4 nitrogen and oxygen atoms in total. The molecule has 0 saturated carbocycles. The Morgan fingerprint density at radius 1 is 0.778 bits per heavy atom. The van der Waals surface area contributed by atoms with Gasteiger partial charge in [-0.3, -0.25) is 4.98 Å². The highest BCUT2D eigenvalue weighted by Gasteiger charge is 2.09. The molecule has 0 spiro atoms. The molecule has 2 aromatic heterocycles. The summed E-state index contributed by atoms with van der Waals surface area (Å²) in [5.41, 5.74) is 5.69. The van der Waals surface area contributed by atoms with Crippen LogP contribution in [0.25, 0.3) is 22.4 Å². The van der Waals surface area contributed by atoms with Gasteiger partial charge in [0.25, 0.3) is 0 Å². The van der Waals surface area contributed by atoms with Gasteiger partial charge in [-0.1, -0.05) is 24.3 Å². The van der Waals surface area contributed by atoms with Crippen molar-refractivity contribution in [1.82, 2.24) is 15.0 Å². The van der Waals surface area contributed by atoms with Crippen LogP contribution in [0.5, 0.6) is 0 Å². The zero-order valence-corrected chi connectivity index (χ0v) is 17.6. The summed E-state index contributed by atoms with van der Waals surface area (Å²) in [5, 5.41) is 0. The van der Waals surface area contributed by atoms with Gasteiger partial charge in [-0.25, -0.2) is 15.0 Å². The second-order valence-electron chi connectivity index (χ2n) is 5.92. The number of aromatic nitrogens is 3. The second-order valence-corrected chi connectivity index (χ2v) is 7.63. The first-order valence-electron chi connectivity index (χ1n) is 8.31. The summed E-state index contributed by atoms with van der Waals surface area (Å²) in [4.78, 5) is 18.6. The Bertz CT molecular complexity index is 1150. The number of nitrogens with zero attached hydrogens (tertiary/aromatic N) is 4. The van der Waals surface area contributed by atoms with Crippen LogP contribution in [0, 0.1) is 0 Å². The zero-order valence-electron chi connectivity index (χ0n) is 14.4. The molecule has 0 aliphatic rings. The number of rotatable bonds is 3. The molecule has 4 aromatic rings. The maximum atomic E-state index is 4.74. The summed E-state index contributed by atoms with van der Waals surface area (Å²) in [6.07, 6.45) is 1.76. The number of benzene rings is 2. The van der Waals surface area contributed by atoms with Gasteiger partial charge in [0.05, 0.1) is 40.0 Å². The number of para-hydroxylation sites is 3. The lowest BCUT2D eigenvalue weighted by molar-refractivity contribution is 1.22. The SMILES string of the molecule is CC(=Nc1c(Br)cccc1Br)c1cccc(-c2cnc3ccccc3n2)n1. The van der Waals surface area contributed by atoms with Gasteiger partial charge in [-0.2, -0.15) is 0 Å². The Morgan fingerprint density at radius 3 is 2.26 bits per heavy atom. The number of fused-ring (bicyclic) bond motifs is 1. The Hall–Kier alpha value is -2.44. The Labute approximate surface area is 173 Å². The van der Waals surface area contributed by atoms with Crippen LogP contribution in [-0.2, 0) is 0 Å². The van der Waals surface area contributed by atoms with Crippen molar-refractivity contribution in [3.8, 4) is 11.4 Å². The summed E-state index contributed by atoms with van der Waals surface area (Å²) in [6.45, 7) is 1.95. The van der Waals surface area contributed by atoms with Crippen molar-refractivity contribution in [1.29, 1.82) is 0 Å². The zero-order chi connectivity index (χ0) is 18.8. The first-order valence-corrected chi connectivity index (χ1v) is 9.89. The summed E-state index contributed by atoms with van der Waals surface area (Å²) < 4.78 is 1.85. The van der Waals surface area contributed by atoms with Gasteiger partial charge in [-0.15, -0.1) is 0 Å². The van der Waals surface area contributed by atoms with E-state index in [-0.39, 0.29) is 0 Å². The summed E-state index contributed by atoms with van der Waals surface area (Å²) in [7, 11) is 0. The van der Waals surface area contributed by atoms with Crippen LogP contribution in [0.15, 0.2) is 80.8 Å². The Balaban J connectivity index is 1.74. The molecule has 2 heterocycles. The minimum atomic E-state index is 0.741. The van der Waals surface area contributed by atoms with Gasteiger partial charge in [0.1, 0.15) is 5.69 Å². The second kappa shape index (κ2) is 7.66. The molecule has 0 amide bonds. The van der Waals surface area contributed by atoms with Crippen LogP contribution in [0.3, 0.4) is 0 Å². The summed E-state index contributed by atoms with van der Waals surface area (Å²) in [6, 6.07) is 19.5. The van der Waals surface area contributed by atoms with E-state index < -0.39 is 0 Å². The van der Waals surface area contributed by atoms with Crippen LogP contribution in [0.4, 0.5) is 5.69 Å². The Morgan fingerprint density at radius 2 is 1.48 bits per heavy atom. The van der Waals surface area contributed by atoms with Crippen molar-refractivity contribution in [2.75, 3.05) is 0 Å². The molecule has 0 atom stereocenters. The van der Waals surface area contributed by atoms with E-state index in [0.717, 1.165) is 48.5 Å².